The Kier molecular flexibility index (Phi) is 8.16. The van der Waals surface area contributed by atoms with Gasteiger partial charge in [-0.3, -0.25) is 9.59 Å². The van der Waals surface area contributed by atoms with E-state index in [0.29, 0.717) is 19.5 Å². The molecule has 2 aromatic rings. The molecule has 1 aliphatic rings. The number of rotatable bonds is 8. The van der Waals surface area contributed by atoms with Gasteiger partial charge in [0, 0.05) is 24.4 Å². The van der Waals surface area contributed by atoms with Crippen LogP contribution in [0.2, 0.25) is 0 Å². The number of nitrogens with zero attached hydrogens (tertiary/aromatic N) is 2. The Bertz CT molecular complexity index is 910. The Labute approximate surface area is 197 Å². The van der Waals surface area contributed by atoms with Crippen LogP contribution in [-0.2, 0) is 21.4 Å². The fraction of sp³-hybridized carbons (Fsp3) is 0.556. The highest BCUT2D eigenvalue weighted by Crippen LogP contribution is 2.38. The van der Waals surface area contributed by atoms with Gasteiger partial charge in [-0.05, 0) is 52.8 Å². The standard InChI is InChI=1S/C27H38N2O2S/c1-6-8-9-24(30)28(16-7-2)19-25(31)29-17-14-23-22(15-18-32-23)26(29)20-10-12-21(13-11-20)27(3,4)5/h10-13,15,18,26H,6-9,14,16-17,19H2,1-5H3. The van der Waals surface area contributed by atoms with Crippen LogP contribution < -0.4 is 0 Å². The largest absolute Gasteiger partial charge is 0.333 e. The monoisotopic (exact) mass is 454 g/mol. The first-order chi connectivity index (χ1) is 15.3. The van der Waals surface area contributed by atoms with Gasteiger partial charge < -0.3 is 9.80 Å². The minimum atomic E-state index is -0.0826. The highest BCUT2D eigenvalue weighted by molar-refractivity contribution is 7.10. The van der Waals surface area contributed by atoms with Gasteiger partial charge in [-0.15, -0.1) is 11.3 Å². The normalized spacial score (nSPS) is 16.0. The van der Waals surface area contributed by atoms with Gasteiger partial charge in [0.1, 0.15) is 0 Å². The second kappa shape index (κ2) is 10.7. The molecule has 0 radical (unpaired) electrons. The summed E-state index contributed by atoms with van der Waals surface area (Å²) < 4.78 is 0. The zero-order chi connectivity index (χ0) is 23.3. The Morgan fingerprint density at radius 2 is 1.81 bits per heavy atom. The molecule has 5 heteroatoms. The lowest BCUT2D eigenvalue weighted by Gasteiger charge is -2.38. The molecule has 2 heterocycles. The molecule has 174 valence electrons. The Balaban J connectivity index is 1.87. The van der Waals surface area contributed by atoms with Gasteiger partial charge in [-0.25, -0.2) is 0 Å². The van der Waals surface area contributed by atoms with Crippen LogP contribution in [0.1, 0.15) is 87.9 Å². The van der Waals surface area contributed by atoms with Crippen molar-refractivity contribution in [2.24, 2.45) is 0 Å². The Morgan fingerprint density at radius 3 is 2.44 bits per heavy atom. The summed E-state index contributed by atoms with van der Waals surface area (Å²) in [7, 11) is 0. The maximum absolute atomic E-state index is 13.5. The SMILES string of the molecule is CCCCC(=O)N(CCC)CC(=O)N1CCc2sccc2C1c1ccc(C(C)(C)C)cc1. The molecule has 1 aromatic carbocycles. The number of carbonyl (C=O) groups is 2. The Morgan fingerprint density at radius 1 is 1.09 bits per heavy atom. The molecule has 0 aliphatic carbocycles. The number of hydrogen-bond acceptors (Lipinski definition) is 3. The van der Waals surface area contributed by atoms with E-state index in [0.717, 1.165) is 31.2 Å². The minimum absolute atomic E-state index is 0.0463. The van der Waals surface area contributed by atoms with Gasteiger partial charge in [0.15, 0.2) is 0 Å². The van der Waals surface area contributed by atoms with Crippen LogP contribution in [-0.4, -0.2) is 41.2 Å². The molecule has 1 unspecified atom stereocenters. The Hall–Kier alpha value is -2.14. The van der Waals surface area contributed by atoms with Crippen LogP contribution in [0.3, 0.4) is 0 Å². The summed E-state index contributed by atoms with van der Waals surface area (Å²) in [6.45, 7) is 12.3. The third-order valence-corrected chi connectivity index (χ3v) is 7.29. The first-order valence-corrected chi connectivity index (χ1v) is 12.9. The lowest BCUT2D eigenvalue weighted by molar-refractivity contribution is -0.141. The number of amides is 2. The summed E-state index contributed by atoms with van der Waals surface area (Å²) in [4.78, 5) is 31.4. The summed E-state index contributed by atoms with van der Waals surface area (Å²) in [5.41, 5.74) is 3.76. The van der Waals surface area contributed by atoms with Crippen molar-refractivity contribution in [3.8, 4) is 0 Å². The first-order valence-electron chi connectivity index (χ1n) is 12.0. The quantitative estimate of drug-likeness (QED) is 0.495. The van der Waals surface area contributed by atoms with Gasteiger partial charge in [-0.1, -0.05) is 65.3 Å². The number of benzene rings is 1. The molecule has 4 nitrogen and oxygen atoms in total. The number of fused-ring (bicyclic) bond motifs is 1. The third kappa shape index (κ3) is 5.61. The summed E-state index contributed by atoms with van der Waals surface area (Å²) in [6.07, 6.45) is 4.12. The van der Waals surface area contributed by atoms with Crippen molar-refractivity contribution in [1.29, 1.82) is 0 Å². The molecule has 0 N–H and O–H groups in total. The van der Waals surface area contributed by atoms with Crippen molar-refractivity contribution in [1.82, 2.24) is 9.80 Å². The maximum atomic E-state index is 13.5. The zero-order valence-electron chi connectivity index (χ0n) is 20.3. The van der Waals surface area contributed by atoms with Gasteiger partial charge in [0.05, 0.1) is 12.6 Å². The van der Waals surface area contributed by atoms with E-state index in [2.05, 4.69) is 70.3 Å². The molecule has 32 heavy (non-hydrogen) atoms. The van der Waals surface area contributed by atoms with Gasteiger partial charge in [0.2, 0.25) is 11.8 Å². The van der Waals surface area contributed by atoms with E-state index >= 15 is 0 Å². The smallest absolute Gasteiger partial charge is 0.242 e. The van der Waals surface area contributed by atoms with E-state index in [1.807, 2.05) is 4.90 Å². The summed E-state index contributed by atoms with van der Waals surface area (Å²) in [6, 6.07) is 10.8. The van der Waals surface area contributed by atoms with E-state index in [1.165, 1.54) is 16.0 Å². The number of thiophene rings is 1. The summed E-state index contributed by atoms with van der Waals surface area (Å²) >= 11 is 1.78. The average molecular weight is 455 g/mol. The summed E-state index contributed by atoms with van der Waals surface area (Å²) in [5.74, 6) is 0.145. The molecule has 1 aliphatic heterocycles. The molecule has 0 fully saturated rings. The first kappa shape index (κ1) is 24.5. The topological polar surface area (TPSA) is 40.6 Å². The maximum Gasteiger partial charge on any atom is 0.242 e. The second-order valence-corrected chi connectivity index (χ2v) is 10.8. The van der Waals surface area contributed by atoms with Crippen LogP contribution >= 0.6 is 11.3 Å². The van der Waals surface area contributed by atoms with E-state index < -0.39 is 0 Å². The highest BCUT2D eigenvalue weighted by atomic mass is 32.1. The number of hydrogen-bond donors (Lipinski definition) is 0. The van der Waals surface area contributed by atoms with E-state index in [4.69, 9.17) is 0 Å². The van der Waals surface area contributed by atoms with Crippen molar-refractivity contribution in [3.05, 3.63) is 57.3 Å². The molecule has 1 aromatic heterocycles. The van der Waals surface area contributed by atoms with Crippen LogP contribution in [0.4, 0.5) is 0 Å². The molecule has 1 atom stereocenters. The molecule has 2 amide bonds. The number of unbranched alkanes of at least 4 members (excludes halogenated alkanes) is 1. The highest BCUT2D eigenvalue weighted by Gasteiger charge is 2.34. The van der Waals surface area contributed by atoms with E-state index in [9.17, 15) is 9.59 Å². The van der Waals surface area contributed by atoms with Crippen molar-refractivity contribution in [2.45, 2.75) is 78.2 Å². The minimum Gasteiger partial charge on any atom is -0.333 e. The molecule has 3 rings (SSSR count). The number of carbonyl (C=O) groups excluding carboxylic acids is 2. The van der Waals surface area contributed by atoms with Crippen molar-refractivity contribution in [3.63, 3.8) is 0 Å². The summed E-state index contributed by atoms with van der Waals surface area (Å²) in [5, 5.41) is 2.13. The fourth-order valence-corrected chi connectivity index (χ4v) is 5.32. The fourth-order valence-electron chi connectivity index (χ4n) is 4.41. The molecular formula is C27H38N2O2S. The van der Waals surface area contributed by atoms with Gasteiger partial charge >= 0.3 is 0 Å². The van der Waals surface area contributed by atoms with E-state index in [-0.39, 0.29) is 29.8 Å². The average Bonchev–Trinajstić information content (AvgIpc) is 3.24. The van der Waals surface area contributed by atoms with Crippen LogP contribution in [0.15, 0.2) is 35.7 Å². The predicted octanol–water partition coefficient (Wildman–Crippen LogP) is 5.95. The second-order valence-electron chi connectivity index (χ2n) is 9.83. The lowest BCUT2D eigenvalue weighted by atomic mass is 9.85. The molecule has 0 spiro atoms. The van der Waals surface area contributed by atoms with Crippen LogP contribution in [0.5, 0.6) is 0 Å². The lowest BCUT2D eigenvalue weighted by Crippen LogP contribution is -2.47. The van der Waals surface area contributed by atoms with Gasteiger partial charge in [-0.2, -0.15) is 0 Å². The molecule has 0 bridgehead atoms. The van der Waals surface area contributed by atoms with Gasteiger partial charge in [0.25, 0.3) is 0 Å². The van der Waals surface area contributed by atoms with Crippen LogP contribution in [0.25, 0.3) is 0 Å². The van der Waals surface area contributed by atoms with Crippen LogP contribution in [0, 0.1) is 0 Å². The predicted molar refractivity (Wildman–Crippen MR) is 133 cm³/mol. The third-order valence-electron chi connectivity index (χ3n) is 6.30. The van der Waals surface area contributed by atoms with Crippen molar-refractivity contribution >= 4 is 23.2 Å². The van der Waals surface area contributed by atoms with E-state index in [1.54, 1.807) is 16.2 Å². The molecule has 0 saturated carbocycles. The van der Waals surface area contributed by atoms with Crippen molar-refractivity contribution in [2.75, 3.05) is 19.6 Å². The zero-order valence-corrected chi connectivity index (χ0v) is 21.1. The molecular weight excluding hydrogens is 416 g/mol. The molecule has 0 saturated heterocycles. The van der Waals surface area contributed by atoms with Crippen molar-refractivity contribution < 1.29 is 9.59 Å².